The van der Waals surface area contributed by atoms with E-state index in [0.717, 1.165) is 13.1 Å². The lowest BCUT2D eigenvalue weighted by Gasteiger charge is -2.23. The third kappa shape index (κ3) is 6.10. The second-order valence-electron chi connectivity index (χ2n) is 4.53. The van der Waals surface area contributed by atoms with Gasteiger partial charge in [-0.1, -0.05) is 30.3 Å². The fourth-order valence-corrected chi connectivity index (χ4v) is 2.26. The van der Waals surface area contributed by atoms with E-state index in [4.69, 9.17) is 0 Å². The summed E-state index contributed by atoms with van der Waals surface area (Å²) in [5, 5.41) is 3.65. The van der Waals surface area contributed by atoms with Crippen molar-refractivity contribution in [3.63, 3.8) is 0 Å². The fraction of sp³-hybridized carbons (Fsp3) is 0.571. The van der Waals surface area contributed by atoms with Gasteiger partial charge in [-0.25, -0.2) is 0 Å². The van der Waals surface area contributed by atoms with Gasteiger partial charge >= 0.3 is 0 Å². The quantitative estimate of drug-likeness (QED) is 0.716. The molecule has 1 unspecified atom stereocenters. The molecule has 1 N–H and O–H groups in total. The first-order chi connectivity index (χ1) is 8.24. The Balaban J connectivity index is 2.49. The molecule has 0 radical (unpaired) electrons. The minimum Gasteiger partial charge on any atom is -0.309 e. The number of hydrogen-bond donors (Lipinski definition) is 1. The summed E-state index contributed by atoms with van der Waals surface area (Å²) in [7, 11) is 4.25. The summed E-state index contributed by atoms with van der Waals surface area (Å²) in [5.41, 5.74) is 1.38. The van der Waals surface area contributed by atoms with Crippen molar-refractivity contribution in [1.82, 2.24) is 10.2 Å². The topological polar surface area (TPSA) is 15.3 Å². The molecular formula is C14H24N2S. The van der Waals surface area contributed by atoms with Crippen LogP contribution < -0.4 is 5.32 Å². The Morgan fingerprint density at radius 2 is 1.94 bits per heavy atom. The van der Waals surface area contributed by atoms with E-state index in [-0.39, 0.29) is 0 Å². The van der Waals surface area contributed by atoms with Crippen molar-refractivity contribution in [3.8, 4) is 0 Å². The Kier molecular flexibility index (Phi) is 7.33. The Labute approximate surface area is 110 Å². The van der Waals surface area contributed by atoms with Crippen molar-refractivity contribution >= 4 is 11.8 Å². The summed E-state index contributed by atoms with van der Waals surface area (Å²) in [6.45, 7) is 2.14. The molecule has 0 amide bonds. The van der Waals surface area contributed by atoms with Crippen LogP contribution in [0.15, 0.2) is 30.3 Å². The van der Waals surface area contributed by atoms with Crippen LogP contribution >= 0.6 is 11.8 Å². The molecule has 2 nitrogen and oxygen atoms in total. The average Bonchev–Trinajstić information content (AvgIpc) is 2.34. The lowest BCUT2D eigenvalue weighted by molar-refractivity contribution is 0.342. The first kappa shape index (κ1) is 14.6. The second-order valence-corrected chi connectivity index (χ2v) is 5.51. The van der Waals surface area contributed by atoms with Gasteiger partial charge in [-0.15, -0.1) is 0 Å². The molecular weight excluding hydrogens is 228 g/mol. The molecule has 0 aromatic heterocycles. The SMILES string of the molecule is CSCCCNC(CN(C)C)c1ccccc1. The molecule has 0 fully saturated rings. The predicted molar refractivity (Wildman–Crippen MR) is 78.7 cm³/mol. The zero-order valence-electron chi connectivity index (χ0n) is 11.1. The molecule has 96 valence electrons. The van der Waals surface area contributed by atoms with Crippen LogP contribution in [-0.2, 0) is 0 Å². The number of rotatable bonds is 8. The first-order valence-corrected chi connectivity index (χ1v) is 7.55. The van der Waals surface area contributed by atoms with E-state index in [0.29, 0.717) is 6.04 Å². The Bertz CT molecular complexity index is 288. The highest BCUT2D eigenvalue weighted by Gasteiger charge is 2.10. The molecule has 0 spiro atoms. The monoisotopic (exact) mass is 252 g/mol. The predicted octanol–water partition coefficient (Wildman–Crippen LogP) is 2.63. The lowest BCUT2D eigenvalue weighted by atomic mass is 10.1. The number of benzene rings is 1. The summed E-state index contributed by atoms with van der Waals surface area (Å²) in [5.74, 6) is 1.23. The molecule has 1 aromatic rings. The van der Waals surface area contributed by atoms with Crippen LogP contribution in [-0.4, -0.2) is 44.1 Å². The molecule has 1 aromatic carbocycles. The van der Waals surface area contributed by atoms with Gasteiger partial charge in [-0.2, -0.15) is 11.8 Å². The maximum Gasteiger partial charge on any atom is 0.0449 e. The van der Waals surface area contributed by atoms with Gasteiger partial charge in [0.05, 0.1) is 0 Å². The van der Waals surface area contributed by atoms with E-state index >= 15 is 0 Å². The zero-order chi connectivity index (χ0) is 12.5. The van der Waals surface area contributed by atoms with Crippen molar-refractivity contribution in [1.29, 1.82) is 0 Å². The summed E-state index contributed by atoms with van der Waals surface area (Å²) < 4.78 is 0. The van der Waals surface area contributed by atoms with E-state index in [1.165, 1.54) is 17.7 Å². The number of nitrogens with one attached hydrogen (secondary N) is 1. The molecule has 0 bridgehead atoms. The summed E-state index contributed by atoms with van der Waals surface area (Å²) >= 11 is 1.91. The van der Waals surface area contributed by atoms with E-state index in [1.807, 2.05) is 11.8 Å². The number of thioether (sulfide) groups is 1. The standard InChI is InChI=1S/C14H24N2S/c1-16(2)12-14(15-10-7-11-17-3)13-8-5-4-6-9-13/h4-6,8-9,14-15H,7,10-12H2,1-3H3. The lowest BCUT2D eigenvalue weighted by Crippen LogP contribution is -2.32. The normalized spacial score (nSPS) is 12.9. The summed E-state index contributed by atoms with van der Waals surface area (Å²) in [4.78, 5) is 2.24. The molecule has 0 aliphatic rings. The Morgan fingerprint density at radius 3 is 2.53 bits per heavy atom. The molecule has 0 saturated heterocycles. The van der Waals surface area contributed by atoms with Crippen molar-refractivity contribution in [2.24, 2.45) is 0 Å². The average molecular weight is 252 g/mol. The molecule has 3 heteroatoms. The third-order valence-corrected chi connectivity index (χ3v) is 3.36. The van der Waals surface area contributed by atoms with Crippen molar-refractivity contribution in [2.45, 2.75) is 12.5 Å². The first-order valence-electron chi connectivity index (χ1n) is 6.16. The molecule has 0 heterocycles. The third-order valence-electron chi connectivity index (χ3n) is 2.67. The largest absolute Gasteiger partial charge is 0.309 e. The minimum atomic E-state index is 0.438. The van der Waals surface area contributed by atoms with E-state index in [2.05, 4.69) is 60.9 Å². The van der Waals surface area contributed by atoms with Gasteiger partial charge in [0.2, 0.25) is 0 Å². The number of nitrogens with zero attached hydrogens (tertiary/aromatic N) is 1. The van der Waals surface area contributed by atoms with Crippen molar-refractivity contribution in [3.05, 3.63) is 35.9 Å². The fourth-order valence-electron chi connectivity index (χ4n) is 1.83. The number of hydrogen-bond acceptors (Lipinski definition) is 3. The van der Waals surface area contributed by atoms with Crippen molar-refractivity contribution < 1.29 is 0 Å². The van der Waals surface area contributed by atoms with Gasteiger partial charge in [-0.05, 0) is 44.6 Å². The van der Waals surface area contributed by atoms with Crippen molar-refractivity contribution in [2.75, 3.05) is 39.2 Å². The van der Waals surface area contributed by atoms with Gasteiger partial charge < -0.3 is 10.2 Å². The van der Waals surface area contributed by atoms with Crippen LogP contribution in [0.2, 0.25) is 0 Å². The molecule has 0 aliphatic carbocycles. The van der Waals surface area contributed by atoms with Gasteiger partial charge in [0.1, 0.15) is 0 Å². The molecule has 17 heavy (non-hydrogen) atoms. The maximum absolute atomic E-state index is 3.65. The zero-order valence-corrected chi connectivity index (χ0v) is 12.0. The van der Waals surface area contributed by atoms with Crippen LogP contribution in [0, 0.1) is 0 Å². The summed E-state index contributed by atoms with van der Waals surface area (Å²) in [6, 6.07) is 11.1. The molecule has 1 atom stereocenters. The Morgan fingerprint density at radius 1 is 1.24 bits per heavy atom. The molecule has 0 aliphatic heterocycles. The summed E-state index contributed by atoms with van der Waals surface area (Å²) in [6.07, 6.45) is 3.40. The second kappa shape index (κ2) is 8.56. The Hall–Kier alpha value is -0.510. The van der Waals surface area contributed by atoms with Crippen LogP contribution in [0.25, 0.3) is 0 Å². The van der Waals surface area contributed by atoms with Gasteiger partial charge in [0, 0.05) is 12.6 Å². The van der Waals surface area contributed by atoms with E-state index in [1.54, 1.807) is 0 Å². The maximum atomic E-state index is 3.65. The highest BCUT2D eigenvalue weighted by atomic mass is 32.2. The molecule has 0 saturated carbocycles. The highest BCUT2D eigenvalue weighted by molar-refractivity contribution is 7.98. The minimum absolute atomic E-state index is 0.438. The highest BCUT2D eigenvalue weighted by Crippen LogP contribution is 2.13. The van der Waals surface area contributed by atoms with Gasteiger partial charge in [0.25, 0.3) is 0 Å². The van der Waals surface area contributed by atoms with E-state index < -0.39 is 0 Å². The van der Waals surface area contributed by atoms with Crippen LogP contribution in [0.4, 0.5) is 0 Å². The van der Waals surface area contributed by atoms with E-state index in [9.17, 15) is 0 Å². The van der Waals surface area contributed by atoms with Crippen LogP contribution in [0.5, 0.6) is 0 Å². The number of likely N-dealkylation sites (N-methyl/N-ethyl adjacent to an activating group) is 1. The smallest absolute Gasteiger partial charge is 0.0449 e. The van der Waals surface area contributed by atoms with Crippen LogP contribution in [0.1, 0.15) is 18.0 Å². The molecule has 1 rings (SSSR count). The van der Waals surface area contributed by atoms with Gasteiger partial charge in [-0.3, -0.25) is 0 Å². The van der Waals surface area contributed by atoms with Crippen LogP contribution in [0.3, 0.4) is 0 Å². The van der Waals surface area contributed by atoms with Gasteiger partial charge in [0.15, 0.2) is 0 Å².